The molecule has 0 aliphatic carbocycles. The molecule has 0 bridgehead atoms. The van der Waals surface area contributed by atoms with Gasteiger partial charge in [0.15, 0.2) is 0 Å². The lowest BCUT2D eigenvalue weighted by atomic mass is 10.1. The number of halogens is 1. The van der Waals surface area contributed by atoms with Gasteiger partial charge in [-0.2, -0.15) is 0 Å². The van der Waals surface area contributed by atoms with E-state index in [0.29, 0.717) is 6.54 Å². The Labute approximate surface area is 117 Å². The van der Waals surface area contributed by atoms with E-state index >= 15 is 0 Å². The summed E-state index contributed by atoms with van der Waals surface area (Å²) in [5.41, 5.74) is 8.26. The fourth-order valence-corrected chi connectivity index (χ4v) is 2.87. The van der Waals surface area contributed by atoms with E-state index in [9.17, 15) is 0 Å². The summed E-state index contributed by atoms with van der Waals surface area (Å²) in [6.45, 7) is 2.79. The first-order valence-electron chi connectivity index (χ1n) is 5.92. The Morgan fingerprint density at radius 3 is 2.50 bits per heavy atom. The molecule has 2 aromatic rings. The van der Waals surface area contributed by atoms with Crippen LogP contribution in [-0.2, 0) is 6.42 Å². The van der Waals surface area contributed by atoms with E-state index in [1.807, 2.05) is 24.3 Å². The van der Waals surface area contributed by atoms with Gasteiger partial charge in [-0.15, -0.1) is 0 Å². The molecule has 0 aromatic heterocycles. The van der Waals surface area contributed by atoms with Crippen molar-refractivity contribution in [2.45, 2.75) is 23.1 Å². The molecular formula is C15H16ClNS. The smallest absolute Gasteiger partial charge is 0.0406 e. The van der Waals surface area contributed by atoms with Crippen molar-refractivity contribution in [1.82, 2.24) is 0 Å². The normalized spacial score (nSPS) is 10.6. The molecule has 18 heavy (non-hydrogen) atoms. The van der Waals surface area contributed by atoms with Gasteiger partial charge >= 0.3 is 0 Å². The zero-order chi connectivity index (χ0) is 13.0. The lowest BCUT2D eigenvalue weighted by molar-refractivity contribution is 0.941. The van der Waals surface area contributed by atoms with Gasteiger partial charge in [-0.1, -0.05) is 41.1 Å². The molecule has 0 saturated carbocycles. The second-order valence-electron chi connectivity index (χ2n) is 4.21. The SMILES string of the molecule is Cc1ccc(Sc2ccc(Cl)cc2)c(CCN)c1. The van der Waals surface area contributed by atoms with Crippen molar-refractivity contribution < 1.29 is 0 Å². The van der Waals surface area contributed by atoms with Gasteiger partial charge in [-0.25, -0.2) is 0 Å². The largest absolute Gasteiger partial charge is 0.330 e. The maximum absolute atomic E-state index is 5.89. The number of hydrogen-bond donors (Lipinski definition) is 1. The predicted octanol–water partition coefficient (Wildman–Crippen LogP) is 4.30. The van der Waals surface area contributed by atoms with E-state index in [4.69, 9.17) is 17.3 Å². The second kappa shape index (κ2) is 6.28. The van der Waals surface area contributed by atoms with Gasteiger partial charge in [0.1, 0.15) is 0 Å². The first-order chi connectivity index (χ1) is 8.69. The van der Waals surface area contributed by atoms with Gasteiger partial charge in [0.2, 0.25) is 0 Å². The number of nitrogens with two attached hydrogens (primary N) is 1. The van der Waals surface area contributed by atoms with Crippen molar-refractivity contribution in [2.75, 3.05) is 6.54 Å². The van der Waals surface area contributed by atoms with Gasteiger partial charge in [0.25, 0.3) is 0 Å². The standard InChI is InChI=1S/C15H16ClNS/c1-11-2-7-15(12(10-11)8-9-17)18-14-5-3-13(16)4-6-14/h2-7,10H,8-9,17H2,1H3. The Hall–Kier alpha value is -0.960. The third-order valence-electron chi connectivity index (χ3n) is 2.67. The summed E-state index contributed by atoms with van der Waals surface area (Å²) >= 11 is 7.65. The molecule has 2 N–H and O–H groups in total. The molecule has 0 atom stereocenters. The molecule has 0 aliphatic heterocycles. The van der Waals surface area contributed by atoms with Crippen LogP contribution in [0.25, 0.3) is 0 Å². The van der Waals surface area contributed by atoms with Crippen molar-refractivity contribution in [3.63, 3.8) is 0 Å². The van der Waals surface area contributed by atoms with Gasteiger partial charge in [0.05, 0.1) is 0 Å². The van der Waals surface area contributed by atoms with Crippen LogP contribution in [0.5, 0.6) is 0 Å². The molecule has 94 valence electrons. The summed E-state index contributed by atoms with van der Waals surface area (Å²) in [6, 6.07) is 14.4. The van der Waals surface area contributed by atoms with Crippen LogP contribution in [-0.4, -0.2) is 6.54 Å². The minimum Gasteiger partial charge on any atom is -0.330 e. The first kappa shape index (κ1) is 13.5. The quantitative estimate of drug-likeness (QED) is 0.902. The highest BCUT2D eigenvalue weighted by atomic mass is 35.5. The van der Waals surface area contributed by atoms with Crippen LogP contribution in [0.2, 0.25) is 5.02 Å². The van der Waals surface area contributed by atoms with E-state index in [0.717, 1.165) is 11.4 Å². The van der Waals surface area contributed by atoms with Crippen molar-refractivity contribution in [3.8, 4) is 0 Å². The molecule has 0 spiro atoms. The van der Waals surface area contributed by atoms with E-state index in [2.05, 4.69) is 25.1 Å². The number of rotatable bonds is 4. The molecule has 2 rings (SSSR count). The molecule has 0 saturated heterocycles. The third kappa shape index (κ3) is 3.52. The minimum atomic E-state index is 0.678. The number of benzene rings is 2. The summed E-state index contributed by atoms with van der Waals surface area (Å²) in [7, 11) is 0. The van der Waals surface area contributed by atoms with Gasteiger partial charge in [-0.05, 0) is 55.8 Å². The lowest BCUT2D eigenvalue weighted by Gasteiger charge is -2.09. The van der Waals surface area contributed by atoms with E-state index in [1.165, 1.54) is 20.9 Å². The Balaban J connectivity index is 2.25. The summed E-state index contributed by atoms with van der Waals surface area (Å²) in [5.74, 6) is 0. The van der Waals surface area contributed by atoms with Crippen molar-refractivity contribution in [3.05, 3.63) is 58.6 Å². The predicted molar refractivity (Wildman–Crippen MR) is 79.5 cm³/mol. The van der Waals surface area contributed by atoms with Crippen LogP contribution in [0, 0.1) is 6.92 Å². The average molecular weight is 278 g/mol. The summed E-state index contributed by atoms with van der Waals surface area (Å²) in [4.78, 5) is 2.47. The maximum Gasteiger partial charge on any atom is 0.0406 e. The van der Waals surface area contributed by atoms with Crippen LogP contribution < -0.4 is 5.73 Å². The Kier molecular flexibility index (Phi) is 4.70. The Bertz CT molecular complexity index is 523. The molecular weight excluding hydrogens is 262 g/mol. The third-order valence-corrected chi connectivity index (χ3v) is 4.05. The van der Waals surface area contributed by atoms with Gasteiger partial charge < -0.3 is 5.73 Å². The lowest BCUT2D eigenvalue weighted by Crippen LogP contribution is -2.03. The molecule has 0 radical (unpaired) electrons. The number of hydrogen-bond acceptors (Lipinski definition) is 2. The van der Waals surface area contributed by atoms with Gasteiger partial charge in [-0.3, -0.25) is 0 Å². The highest BCUT2D eigenvalue weighted by molar-refractivity contribution is 7.99. The zero-order valence-electron chi connectivity index (χ0n) is 10.3. The van der Waals surface area contributed by atoms with Crippen molar-refractivity contribution in [1.29, 1.82) is 0 Å². The highest BCUT2D eigenvalue weighted by Crippen LogP contribution is 2.31. The highest BCUT2D eigenvalue weighted by Gasteiger charge is 2.04. The van der Waals surface area contributed by atoms with Crippen LogP contribution >= 0.6 is 23.4 Å². The van der Waals surface area contributed by atoms with Crippen LogP contribution in [0.15, 0.2) is 52.3 Å². The van der Waals surface area contributed by atoms with Crippen LogP contribution in [0.3, 0.4) is 0 Å². The van der Waals surface area contributed by atoms with Gasteiger partial charge in [0, 0.05) is 14.8 Å². The number of aryl methyl sites for hydroxylation is 1. The van der Waals surface area contributed by atoms with E-state index < -0.39 is 0 Å². The zero-order valence-corrected chi connectivity index (χ0v) is 11.9. The molecule has 0 amide bonds. The Morgan fingerprint density at radius 2 is 1.83 bits per heavy atom. The van der Waals surface area contributed by atoms with Crippen LogP contribution in [0.1, 0.15) is 11.1 Å². The Morgan fingerprint density at radius 1 is 1.11 bits per heavy atom. The average Bonchev–Trinajstić information content (AvgIpc) is 2.36. The fourth-order valence-electron chi connectivity index (χ4n) is 1.79. The second-order valence-corrected chi connectivity index (χ2v) is 5.76. The fraction of sp³-hybridized carbons (Fsp3) is 0.200. The molecule has 0 fully saturated rings. The molecule has 1 nitrogen and oxygen atoms in total. The summed E-state index contributed by atoms with van der Waals surface area (Å²) < 4.78 is 0. The molecule has 0 unspecified atom stereocenters. The van der Waals surface area contributed by atoms with E-state index in [1.54, 1.807) is 11.8 Å². The summed E-state index contributed by atoms with van der Waals surface area (Å²) in [5, 5.41) is 0.769. The van der Waals surface area contributed by atoms with E-state index in [-0.39, 0.29) is 0 Å². The first-order valence-corrected chi connectivity index (χ1v) is 7.11. The molecule has 0 heterocycles. The minimum absolute atomic E-state index is 0.678. The topological polar surface area (TPSA) is 26.0 Å². The monoisotopic (exact) mass is 277 g/mol. The molecule has 0 aliphatic rings. The van der Waals surface area contributed by atoms with Crippen LogP contribution in [0.4, 0.5) is 0 Å². The molecule has 2 aromatic carbocycles. The van der Waals surface area contributed by atoms with Crippen molar-refractivity contribution in [2.24, 2.45) is 5.73 Å². The summed E-state index contributed by atoms with van der Waals surface area (Å²) in [6.07, 6.45) is 0.914. The van der Waals surface area contributed by atoms with Crippen molar-refractivity contribution >= 4 is 23.4 Å². The molecule has 3 heteroatoms. The maximum atomic E-state index is 5.89.